The maximum absolute atomic E-state index is 5.75. The highest BCUT2D eigenvalue weighted by Gasteiger charge is 2.28. The lowest BCUT2D eigenvalue weighted by Gasteiger charge is -2.42. The van der Waals surface area contributed by atoms with Gasteiger partial charge in [-0.25, -0.2) is 0 Å². The van der Waals surface area contributed by atoms with Gasteiger partial charge in [0.15, 0.2) is 0 Å². The van der Waals surface area contributed by atoms with E-state index in [9.17, 15) is 0 Å². The molecule has 3 unspecified atom stereocenters. The van der Waals surface area contributed by atoms with Crippen molar-refractivity contribution in [3.63, 3.8) is 0 Å². The highest BCUT2D eigenvalue weighted by atomic mass is 16.5. The Morgan fingerprint density at radius 3 is 2.89 bits per heavy atom. The van der Waals surface area contributed by atoms with Crippen LogP contribution < -0.4 is 5.32 Å². The second-order valence-electron chi connectivity index (χ2n) is 5.51. The number of morpholine rings is 1. The van der Waals surface area contributed by atoms with Crippen molar-refractivity contribution in [1.29, 1.82) is 0 Å². The van der Waals surface area contributed by atoms with Crippen LogP contribution in [0.4, 0.5) is 0 Å². The maximum atomic E-state index is 5.75. The molecule has 0 bridgehead atoms. The Balaban J connectivity index is 2.20. The van der Waals surface area contributed by atoms with Gasteiger partial charge in [-0.1, -0.05) is 6.92 Å². The number of nitrogens with zero attached hydrogens (tertiary/aromatic N) is 1. The molecule has 4 nitrogen and oxygen atoms in total. The fourth-order valence-electron chi connectivity index (χ4n) is 2.63. The van der Waals surface area contributed by atoms with Gasteiger partial charge in [-0.05, 0) is 40.2 Å². The number of rotatable bonds is 9. The first-order chi connectivity index (χ1) is 9.19. The number of hydrogen-bond donors (Lipinski definition) is 1. The molecule has 0 aromatic heterocycles. The van der Waals surface area contributed by atoms with Crippen molar-refractivity contribution in [2.24, 2.45) is 0 Å². The normalized spacial score (nSPS) is 26.5. The molecule has 0 saturated carbocycles. The first-order valence-electron chi connectivity index (χ1n) is 7.84. The van der Waals surface area contributed by atoms with Crippen LogP contribution in [-0.2, 0) is 9.47 Å². The van der Waals surface area contributed by atoms with Crippen LogP contribution in [0.1, 0.15) is 40.5 Å². The molecule has 1 rings (SSSR count). The summed E-state index contributed by atoms with van der Waals surface area (Å²) in [6.45, 7) is 14.5. The van der Waals surface area contributed by atoms with Crippen molar-refractivity contribution < 1.29 is 9.47 Å². The highest BCUT2D eigenvalue weighted by molar-refractivity contribution is 4.82. The van der Waals surface area contributed by atoms with E-state index in [2.05, 4.69) is 31.0 Å². The van der Waals surface area contributed by atoms with Gasteiger partial charge in [0.1, 0.15) is 0 Å². The smallest absolute Gasteiger partial charge is 0.0674 e. The van der Waals surface area contributed by atoms with Gasteiger partial charge in [0.05, 0.1) is 12.7 Å². The minimum absolute atomic E-state index is 0.364. The quantitative estimate of drug-likeness (QED) is 0.650. The fraction of sp³-hybridized carbons (Fsp3) is 1.00. The fourth-order valence-corrected chi connectivity index (χ4v) is 2.63. The van der Waals surface area contributed by atoms with E-state index in [4.69, 9.17) is 9.47 Å². The summed E-state index contributed by atoms with van der Waals surface area (Å²) >= 11 is 0. The average molecular weight is 272 g/mol. The van der Waals surface area contributed by atoms with Crippen molar-refractivity contribution in [1.82, 2.24) is 10.2 Å². The molecule has 0 radical (unpaired) electrons. The van der Waals surface area contributed by atoms with Crippen molar-refractivity contribution >= 4 is 0 Å². The third-order valence-electron chi connectivity index (χ3n) is 3.83. The molecule has 19 heavy (non-hydrogen) atoms. The summed E-state index contributed by atoms with van der Waals surface area (Å²) in [5, 5.41) is 3.54. The molecule has 1 heterocycles. The Bertz CT molecular complexity index is 226. The summed E-state index contributed by atoms with van der Waals surface area (Å²) in [5.41, 5.74) is 0. The molecule has 1 N–H and O–H groups in total. The predicted molar refractivity (Wildman–Crippen MR) is 79.6 cm³/mol. The molecule has 0 aromatic rings. The molecule has 1 fully saturated rings. The average Bonchev–Trinajstić information content (AvgIpc) is 2.42. The van der Waals surface area contributed by atoms with E-state index in [1.165, 1.54) is 6.42 Å². The Hall–Kier alpha value is -0.160. The third kappa shape index (κ3) is 6.21. The highest BCUT2D eigenvalue weighted by Crippen LogP contribution is 2.17. The molecular formula is C15H32N2O2. The lowest BCUT2D eigenvalue weighted by atomic mass is 10.1. The Morgan fingerprint density at radius 1 is 1.42 bits per heavy atom. The van der Waals surface area contributed by atoms with Crippen molar-refractivity contribution in [2.45, 2.75) is 58.7 Å². The monoisotopic (exact) mass is 272 g/mol. The minimum Gasteiger partial charge on any atom is -0.382 e. The van der Waals surface area contributed by atoms with E-state index >= 15 is 0 Å². The lowest BCUT2D eigenvalue weighted by molar-refractivity contribution is -0.0694. The van der Waals surface area contributed by atoms with Crippen molar-refractivity contribution in [2.75, 3.05) is 39.5 Å². The molecule has 1 aliphatic heterocycles. The van der Waals surface area contributed by atoms with E-state index in [-0.39, 0.29) is 0 Å². The summed E-state index contributed by atoms with van der Waals surface area (Å²) in [6, 6.07) is 1.15. The molecular weight excluding hydrogens is 240 g/mol. The second-order valence-corrected chi connectivity index (χ2v) is 5.51. The molecule has 1 saturated heterocycles. The van der Waals surface area contributed by atoms with Crippen molar-refractivity contribution in [3.8, 4) is 0 Å². The van der Waals surface area contributed by atoms with Gasteiger partial charge < -0.3 is 14.8 Å². The van der Waals surface area contributed by atoms with Gasteiger partial charge in [0, 0.05) is 38.4 Å². The zero-order chi connectivity index (χ0) is 14.1. The van der Waals surface area contributed by atoms with Crippen LogP contribution >= 0.6 is 0 Å². The SMILES string of the molecule is CCOCCCNCC(C)N1CC(C)OCC1CC. The first kappa shape index (κ1) is 16.9. The molecule has 0 amide bonds. The topological polar surface area (TPSA) is 33.7 Å². The lowest BCUT2D eigenvalue weighted by Crippen LogP contribution is -2.54. The summed E-state index contributed by atoms with van der Waals surface area (Å²) in [6.07, 6.45) is 2.63. The zero-order valence-corrected chi connectivity index (χ0v) is 13.2. The van der Waals surface area contributed by atoms with Crippen LogP contribution in [0.25, 0.3) is 0 Å². The molecule has 1 aliphatic rings. The third-order valence-corrected chi connectivity index (χ3v) is 3.83. The molecule has 0 aliphatic carbocycles. The Morgan fingerprint density at radius 2 is 2.21 bits per heavy atom. The van der Waals surface area contributed by atoms with Crippen LogP contribution in [0.5, 0.6) is 0 Å². The van der Waals surface area contributed by atoms with Gasteiger partial charge in [-0.2, -0.15) is 0 Å². The maximum Gasteiger partial charge on any atom is 0.0674 e. The standard InChI is InChI=1S/C15H32N2O2/c1-5-15-12-19-14(4)11-17(15)13(3)10-16-8-7-9-18-6-2/h13-16H,5-12H2,1-4H3. The summed E-state index contributed by atoms with van der Waals surface area (Å²) in [5.74, 6) is 0. The van der Waals surface area contributed by atoms with Crippen LogP contribution in [0.3, 0.4) is 0 Å². The number of ether oxygens (including phenoxy) is 2. The van der Waals surface area contributed by atoms with Gasteiger partial charge in [0.2, 0.25) is 0 Å². The van der Waals surface area contributed by atoms with E-state index in [1.54, 1.807) is 0 Å². The largest absolute Gasteiger partial charge is 0.382 e. The van der Waals surface area contributed by atoms with Crippen molar-refractivity contribution in [3.05, 3.63) is 0 Å². The second kappa shape index (κ2) is 9.70. The van der Waals surface area contributed by atoms with E-state index in [0.29, 0.717) is 18.2 Å². The van der Waals surface area contributed by atoms with Gasteiger partial charge in [0.25, 0.3) is 0 Å². The molecule has 0 spiro atoms. The van der Waals surface area contributed by atoms with Gasteiger partial charge in [-0.15, -0.1) is 0 Å². The van der Waals surface area contributed by atoms with Crippen LogP contribution in [0.2, 0.25) is 0 Å². The molecule has 114 valence electrons. The van der Waals surface area contributed by atoms with E-state index in [0.717, 1.165) is 45.9 Å². The summed E-state index contributed by atoms with van der Waals surface area (Å²) < 4.78 is 11.1. The zero-order valence-electron chi connectivity index (χ0n) is 13.2. The van der Waals surface area contributed by atoms with E-state index < -0.39 is 0 Å². The van der Waals surface area contributed by atoms with Gasteiger partial charge >= 0.3 is 0 Å². The number of hydrogen-bond acceptors (Lipinski definition) is 4. The van der Waals surface area contributed by atoms with Crippen LogP contribution in [-0.4, -0.2) is 62.5 Å². The number of nitrogens with one attached hydrogen (secondary N) is 1. The van der Waals surface area contributed by atoms with Gasteiger partial charge in [-0.3, -0.25) is 4.90 Å². The first-order valence-corrected chi connectivity index (χ1v) is 7.84. The Kier molecular flexibility index (Phi) is 8.62. The summed E-state index contributed by atoms with van der Waals surface area (Å²) in [4.78, 5) is 2.60. The summed E-state index contributed by atoms with van der Waals surface area (Å²) in [7, 11) is 0. The molecule has 4 heteroatoms. The Labute approximate surface area is 118 Å². The molecule has 3 atom stereocenters. The predicted octanol–water partition coefficient (Wildman–Crippen LogP) is 1.89. The molecule has 0 aromatic carbocycles. The van der Waals surface area contributed by atoms with Crippen LogP contribution in [0.15, 0.2) is 0 Å². The minimum atomic E-state index is 0.364. The van der Waals surface area contributed by atoms with E-state index in [1.807, 2.05) is 6.92 Å². The van der Waals surface area contributed by atoms with Crippen LogP contribution in [0, 0.1) is 0 Å².